The molecule has 1 saturated heterocycles. The molecule has 0 spiro atoms. The van der Waals surface area contributed by atoms with Crippen LogP contribution in [-0.4, -0.2) is 55.2 Å². The first-order valence-corrected chi connectivity index (χ1v) is 9.55. The summed E-state index contributed by atoms with van der Waals surface area (Å²) in [7, 11) is 1.81. The summed E-state index contributed by atoms with van der Waals surface area (Å²) >= 11 is 0. The number of nitrogens with zero attached hydrogens (tertiary/aromatic N) is 3. The van der Waals surface area contributed by atoms with E-state index in [1.54, 1.807) is 29.2 Å². The number of carbonyl (C=O) groups excluding carboxylic acids is 1. The number of aliphatic hydroxyl groups excluding tert-OH is 1. The Hall–Kier alpha value is -3.04. The van der Waals surface area contributed by atoms with Gasteiger partial charge in [-0.2, -0.15) is 5.26 Å². The SMILES string of the molecule is CN(CCc1ccccc1N1CC[C@H](O)C1)C(=O)CNc1ccc(C#N)cc1. The maximum atomic E-state index is 12.4. The van der Waals surface area contributed by atoms with Gasteiger partial charge in [0.2, 0.25) is 5.91 Å². The quantitative estimate of drug-likeness (QED) is 0.772. The number of nitrogens with one attached hydrogen (secondary N) is 1. The highest BCUT2D eigenvalue weighted by Gasteiger charge is 2.22. The topological polar surface area (TPSA) is 79.6 Å². The van der Waals surface area contributed by atoms with Crippen molar-refractivity contribution in [3.05, 3.63) is 59.7 Å². The molecule has 1 atom stereocenters. The minimum Gasteiger partial charge on any atom is -0.391 e. The summed E-state index contributed by atoms with van der Waals surface area (Å²) in [5.41, 5.74) is 3.75. The Morgan fingerprint density at radius 3 is 2.71 bits per heavy atom. The maximum Gasteiger partial charge on any atom is 0.241 e. The lowest BCUT2D eigenvalue weighted by atomic mass is 10.1. The van der Waals surface area contributed by atoms with Crippen molar-refractivity contribution in [1.82, 2.24) is 4.90 Å². The molecule has 3 rings (SSSR count). The molecule has 1 aliphatic rings. The number of benzene rings is 2. The third-order valence-corrected chi connectivity index (χ3v) is 5.10. The van der Waals surface area contributed by atoms with Gasteiger partial charge in [0.25, 0.3) is 0 Å². The summed E-state index contributed by atoms with van der Waals surface area (Å²) in [6, 6.07) is 17.3. The van der Waals surface area contributed by atoms with Crippen molar-refractivity contribution < 1.29 is 9.90 Å². The Kier molecular flexibility index (Phi) is 6.51. The second kappa shape index (κ2) is 9.25. The van der Waals surface area contributed by atoms with E-state index in [4.69, 9.17) is 5.26 Å². The van der Waals surface area contributed by atoms with Crippen LogP contribution in [0.15, 0.2) is 48.5 Å². The van der Waals surface area contributed by atoms with Crippen LogP contribution >= 0.6 is 0 Å². The number of aliphatic hydroxyl groups is 1. The molecule has 0 bridgehead atoms. The lowest BCUT2D eigenvalue weighted by Gasteiger charge is -2.23. The van der Waals surface area contributed by atoms with Gasteiger partial charge < -0.3 is 20.2 Å². The monoisotopic (exact) mass is 378 g/mol. The second-order valence-electron chi connectivity index (χ2n) is 7.13. The fraction of sp³-hybridized carbons (Fsp3) is 0.364. The van der Waals surface area contributed by atoms with Crippen molar-refractivity contribution in [3.8, 4) is 6.07 Å². The zero-order chi connectivity index (χ0) is 19.9. The molecule has 1 fully saturated rings. The average molecular weight is 378 g/mol. The Morgan fingerprint density at radius 2 is 2.04 bits per heavy atom. The van der Waals surface area contributed by atoms with Gasteiger partial charge in [-0.15, -0.1) is 0 Å². The zero-order valence-electron chi connectivity index (χ0n) is 16.1. The van der Waals surface area contributed by atoms with Gasteiger partial charge in [0.1, 0.15) is 0 Å². The molecule has 2 aromatic carbocycles. The standard InChI is InChI=1S/C22H26N4O2/c1-25(22(28)15-24-19-8-6-17(14-23)7-9-19)12-10-18-4-2-3-5-21(18)26-13-11-20(27)16-26/h2-9,20,24,27H,10-13,15-16H2,1H3/t20-/m0/s1. The molecule has 6 heteroatoms. The number of hydrogen-bond donors (Lipinski definition) is 2. The first-order chi connectivity index (χ1) is 13.6. The van der Waals surface area contributed by atoms with Gasteiger partial charge >= 0.3 is 0 Å². The van der Waals surface area contributed by atoms with E-state index >= 15 is 0 Å². The van der Waals surface area contributed by atoms with Crippen LogP contribution in [-0.2, 0) is 11.2 Å². The highest BCUT2D eigenvalue weighted by molar-refractivity contribution is 5.80. The number of β-amino-alcohol motifs (C(OH)–C–C–N with tert-alkyl or cyclic N) is 1. The molecule has 2 aromatic rings. The average Bonchev–Trinajstić information content (AvgIpc) is 3.16. The summed E-state index contributed by atoms with van der Waals surface area (Å²) in [4.78, 5) is 16.4. The molecule has 0 saturated carbocycles. The Morgan fingerprint density at radius 1 is 1.29 bits per heavy atom. The van der Waals surface area contributed by atoms with Crippen molar-refractivity contribution >= 4 is 17.3 Å². The van der Waals surface area contributed by atoms with E-state index in [0.29, 0.717) is 18.7 Å². The van der Waals surface area contributed by atoms with Gasteiger partial charge in [-0.25, -0.2) is 0 Å². The highest BCUT2D eigenvalue weighted by Crippen LogP contribution is 2.25. The van der Waals surface area contributed by atoms with Crippen LogP contribution in [0, 0.1) is 11.3 Å². The molecule has 0 aliphatic carbocycles. The molecule has 2 N–H and O–H groups in total. The molecule has 0 radical (unpaired) electrons. The van der Waals surface area contributed by atoms with E-state index in [-0.39, 0.29) is 18.6 Å². The molecule has 1 aliphatic heterocycles. The third-order valence-electron chi connectivity index (χ3n) is 5.10. The van der Waals surface area contributed by atoms with Gasteiger partial charge in [0.15, 0.2) is 0 Å². The number of carbonyl (C=O) groups is 1. The molecule has 1 heterocycles. The maximum absolute atomic E-state index is 12.4. The van der Waals surface area contributed by atoms with E-state index in [1.165, 1.54) is 5.56 Å². The van der Waals surface area contributed by atoms with Gasteiger partial charge in [-0.05, 0) is 48.7 Å². The summed E-state index contributed by atoms with van der Waals surface area (Å²) < 4.78 is 0. The largest absolute Gasteiger partial charge is 0.391 e. The van der Waals surface area contributed by atoms with Crippen LogP contribution in [0.2, 0.25) is 0 Å². The zero-order valence-corrected chi connectivity index (χ0v) is 16.1. The minimum atomic E-state index is -0.259. The lowest BCUT2D eigenvalue weighted by Crippen LogP contribution is -2.34. The van der Waals surface area contributed by atoms with Crippen molar-refractivity contribution in [2.45, 2.75) is 18.9 Å². The van der Waals surface area contributed by atoms with Crippen LogP contribution in [0.1, 0.15) is 17.5 Å². The number of nitriles is 1. The predicted molar refractivity (Wildman–Crippen MR) is 110 cm³/mol. The second-order valence-corrected chi connectivity index (χ2v) is 7.13. The smallest absolute Gasteiger partial charge is 0.241 e. The first kappa shape index (κ1) is 19.7. The number of anilines is 2. The number of rotatable bonds is 7. The van der Waals surface area contributed by atoms with Crippen molar-refractivity contribution in [3.63, 3.8) is 0 Å². The molecule has 28 heavy (non-hydrogen) atoms. The number of hydrogen-bond acceptors (Lipinski definition) is 5. The Balaban J connectivity index is 1.51. The molecule has 6 nitrogen and oxygen atoms in total. The molecular weight excluding hydrogens is 352 g/mol. The fourth-order valence-corrected chi connectivity index (χ4v) is 3.38. The van der Waals surface area contributed by atoms with Gasteiger partial charge in [-0.1, -0.05) is 18.2 Å². The summed E-state index contributed by atoms with van der Waals surface area (Å²) in [5.74, 6) is 0.0124. The van der Waals surface area contributed by atoms with Crippen LogP contribution < -0.4 is 10.2 Å². The summed E-state index contributed by atoms with van der Waals surface area (Å²) in [5, 5.41) is 21.7. The van der Waals surface area contributed by atoms with Gasteiger partial charge in [-0.3, -0.25) is 4.79 Å². The number of amides is 1. The molecule has 0 unspecified atom stereocenters. The van der Waals surface area contributed by atoms with E-state index in [1.807, 2.05) is 19.2 Å². The minimum absolute atomic E-state index is 0.0124. The molecule has 0 aromatic heterocycles. The Bertz CT molecular complexity index is 844. The number of likely N-dealkylation sites (N-methyl/N-ethyl adjacent to an activating group) is 1. The lowest BCUT2D eigenvalue weighted by molar-refractivity contribution is -0.127. The number of para-hydroxylation sites is 1. The third kappa shape index (κ3) is 5.02. The molecule has 146 valence electrons. The summed E-state index contributed by atoms with van der Waals surface area (Å²) in [6.45, 7) is 2.37. The predicted octanol–water partition coefficient (Wildman–Crippen LogP) is 2.24. The van der Waals surface area contributed by atoms with E-state index in [9.17, 15) is 9.90 Å². The first-order valence-electron chi connectivity index (χ1n) is 9.55. The van der Waals surface area contributed by atoms with Gasteiger partial charge in [0.05, 0.1) is 24.3 Å². The van der Waals surface area contributed by atoms with E-state index < -0.39 is 0 Å². The van der Waals surface area contributed by atoms with Crippen LogP contribution in [0.25, 0.3) is 0 Å². The van der Waals surface area contributed by atoms with Crippen LogP contribution in [0.3, 0.4) is 0 Å². The normalized spacial score (nSPS) is 15.9. The van der Waals surface area contributed by atoms with E-state index in [2.05, 4.69) is 28.4 Å². The van der Waals surface area contributed by atoms with Crippen LogP contribution in [0.5, 0.6) is 0 Å². The van der Waals surface area contributed by atoms with Crippen molar-refractivity contribution in [2.24, 2.45) is 0 Å². The molecule has 1 amide bonds. The molecular formula is C22H26N4O2. The summed E-state index contributed by atoms with van der Waals surface area (Å²) in [6.07, 6.45) is 1.31. The van der Waals surface area contributed by atoms with Crippen molar-refractivity contribution in [1.29, 1.82) is 5.26 Å². The highest BCUT2D eigenvalue weighted by atomic mass is 16.3. The van der Waals surface area contributed by atoms with Crippen LogP contribution in [0.4, 0.5) is 11.4 Å². The van der Waals surface area contributed by atoms with Crippen molar-refractivity contribution in [2.75, 3.05) is 43.4 Å². The Labute approximate surface area is 166 Å². The van der Waals surface area contributed by atoms with E-state index in [0.717, 1.165) is 30.8 Å². The fourth-order valence-electron chi connectivity index (χ4n) is 3.38. The van der Waals surface area contributed by atoms with Gasteiger partial charge in [0, 0.05) is 38.1 Å².